The molecule has 0 N–H and O–H groups in total. The third-order valence-corrected chi connectivity index (χ3v) is 2.70. The molecule has 1 rings (SSSR count). The number of hydrogen-bond donors (Lipinski definition) is 0. The quantitative estimate of drug-likeness (QED) is 0.772. The van der Waals surface area contributed by atoms with E-state index in [9.17, 15) is 0 Å². The van der Waals surface area contributed by atoms with E-state index in [4.69, 9.17) is 31.7 Å². The summed E-state index contributed by atoms with van der Waals surface area (Å²) in [6.07, 6.45) is 5.34. The zero-order valence-corrected chi connectivity index (χ0v) is 12.3. The maximum absolute atomic E-state index is 9.13. The van der Waals surface area contributed by atoms with E-state index in [0.29, 0.717) is 35.2 Å². The van der Waals surface area contributed by atoms with Gasteiger partial charge in [0.15, 0.2) is 0 Å². The van der Waals surface area contributed by atoms with Crippen LogP contribution < -0.4 is 19.9 Å². The first-order valence-corrected chi connectivity index (χ1v) is 6.51. The zero-order valence-electron chi connectivity index (χ0n) is 12.3. The SMILES string of the molecule is C#C/C(C#N)=c1\cc(OCC)c(=C(C#N)C#N)cc1OCC. The highest BCUT2D eigenvalue weighted by Crippen LogP contribution is 2.11. The molecule has 0 aromatic heterocycles. The third-order valence-electron chi connectivity index (χ3n) is 2.70. The molecule has 0 spiro atoms. The van der Waals surface area contributed by atoms with Crippen LogP contribution >= 0.6 is 0 Å². The number of ether oxygens (including phenoxy) is 2. The Morgan fingerprint density at radius 1 is 0.909 bits per heavy atom. The van der Waals surface area contributed by atoms with Crippen molar-refractivity contribution in [2.75, 3.05) is 13.2 Å². The molecule has 0 aliphatic rings. The van der Waals surface area contributed by atoms with Gasteiger partial charge in [-0.25, -0.2) is 0 Å². The minimum Gasteiger partial charge on any atom is -0.493 e. The second-order valence-electron chi connectivity index (χ2n) is 3.94. The van der Waals surface area contributed by atoms with Crippen LogP contribution in [-0.2, 0) is 0 Å². The predicted octanol–water partition coefficient (Wildman–Crippen LogP) is 0.989. The molecular weight excluding hydrogens is 278 g/mol. The van der Waals surface area contributed by atoms with E-state index in [0.717, 1.165) is 0 Å². The molecule has 1 aromatic rings. The molecule has 0 fully saturated rings. The lowest BCUT2D eigenvalue weighted by Crippen LogP contribution is -2.20. The van der Waals surface area contributed by atoms with Crippen LogP contribution in [0.1, 0.15) is 13.8 Å². The van der Waals surface area contributed by atoms with Crippen molar-refractivity contribution in [1.82, 2.24) is 0 Å². The maximum Gasteiger partial charge on any atom is 0.140 e. The largest absolute Gasteiger partial charge is 0.493 e. The summed E-state index contributed by atoms with van der Waals surface area (Å²) in [6, 6.07) is 8.59. The topological polar surface area (TPSA) is 89.8 Å². The summed E-state index contributed by atoms with van der Waals surface area (Å²) >= 11 is 0. The number of hydrogen-bond acceptors (Lipinski definition) is 5. The van der Waals surface area contributed by atoms with Crippen LogP contribution in [-0.4, -0.2) is 13.2 Å². The van der Waals surface area contributed by atoms with Gasteiger partial charge in [-0.05, 0) is 26.0 Å². The molecule has 1 aromatic carbocycles. The van der Waals surface area contributed by atoms with Gasteiger partial charge in [0, 0.05) is 10.4 Å². The van der Waals surface area contributed by atoms with Gasteiger partial charge in [-0.1, -0.05) is 5.92 Å². The normalized spacial score (nSPS) is 10.3. The van der Waals surface area contributed by atoms with Crippen LogP contribution in [0.25, 0.3) is 11.1 Å². The first-order valence-electron chi connectivity index (χ1n) is 6.51. The Bertz CT molecular complexity index is 750. The van der Waals surface area contributed by atoms with Gasteiger partial charge in [-0.3, -0.25) is 0 Å². The van der Waals surface area contributed by atoms with Gasteiger partial charge in [0.25, 0.3) is 0 Å². The molecule has 0 saturated heterocycles. The highest BCUT2D eigenvalue weighted by atomic mass is 16.5. The van der Waals surface area contributed by atoms with E-state index in [1.807, 2.05) is 18.2 Å². The Labute approximate surface area is 128 Å². The fraction of sp³-hybridized carbons (Fsp3) is 0.235. The van der Waals surface area contributed by atoms with Gasteiger partial charge in [0.1, 0.15) is 40.9 Å². The fourth-order valence-electron chi connectivity index (χ4n) is 1.82. The summed E-state index contributed by atoms with van der Waals surface area (Å²) < 4.78 is 10.9. The van der Waals surface area contributed by atoms with Crippen molar-refractivity contribution in [1.29, 1.82) is 15.8 Å². The molecule has 0 unspecified atom stereocenters. The van der Waals surface area contributed by atoms with Gasteiger partial charge >= 0.3 is 0 Å². The number of nitrogens with zero attached hydrogens (tertiary/aromatic N) is 3. The molecule has 108 valence electrons. The molecule has 0 bridgehead atoms. The summed E-state index contributed by atoms with van der Waals surface area (Å²) in [6.45, 7) is 4.23. The fourth-order valence-corrected chi connectivity index (χ4v) is 1.82. The van der Waals surface area contributed by atoms with E-state index in [2.05, 4.69) is 5.92 Å². The Morgan fingerprint density at radius 3 is 1.64 bits per heavy atom. The Hall–Kier alpha value is -3.41. The van der Waals surface area contributed by atoms with Gasteiger partial charge in [0.2, 0.25) is 0 Å². The smallest absolute Gasteiger partial charge is 0.140 e. The van der Waals surface area contributed by atoms with Crippen molar-refractivity contribution in [3.8, 4) is 42.1 Å². The molecule has 0 amide bonds. The highest BCUT2D eigenvalue weighted by molar-refractivity contribution is 5.78. The van der Waals surface area contributed by atoms with Gasteiger partial charge in [-0.15, -0.1) is 6.42 Å². The third kappa shape index (κ3) is 3.37. The average Bonchev–Trinajstić information content (AvgIpc) is 2.53. The lowest BCUT2D eigenvalue weighted by atomic mass is 10.1. The molecule has 0 saturated carbocycles. The van der Waals surface area contributed by atoms with Crippen molar-refractivity contribution < 1.29 is 9.47 Å². The summed E-state index contributed by atoms with van der Waals surface area (Å²) in [5.41, 5.74) is -0.0124. The predicted molar refractivity (Wildman–Crippen MR) is 80.5 cm³/mol. The number of rotatable bonds is 4. The van der Waals surface area contributed by atoms with Crippen LogP contribution in [0.15, 0.2) is 12.1 Å². The summed E-state index contributed by atoms with van der Waals surface area (Å²) in [5, 5.41) is 28.0. The lowest BCUT2D eigenvalue weighted by Gasteiger charge is -2.09. The van der Waals surface area contributed by atoms with Crippen molar-refractivity contribution in [2.45, 2.75) is 13.8 Å². The average molecular weight is 291 g/mol. The Kier molecular flexibility index (Phi) is 6.06. The van der Waals surface area contributed by atoms with E-state index >= 15 is 0 Å². The first kappa shape index (κ1) is 16.6. The van der Waals surface area contributed by atoms with Crippen LogP contribution in [0.2, 0.25) is 0 Å². The second kappa shape index (κ2) is 8.01. The van der Waals surface area contributed by atoms with Crippen molar-refractivity contribution >= 4 is 11.1 Å². The molecule has 0 heterocycles. The van der Waals surface area contributed by atoms with Gasteiger partial charge < -0.3 is 9.47 Å². The number of benzene rings is 1. The van der Waals surface area contributed by atoms with E-state index in [1.54, 1.807) is 13.8 Å². The lowest BCUT2D eigenvalue weighted by molar-refractivity contribution is 0.326. The van der Waals surface area contributed by atoms with Crippen molar-refractivity contribution in [3.63, 3.8) is 0 Å². The van der Waals surface area contributed by atoms with E-state index in [-0.39, 0.29) is 11.1 Å². The summed E-state index contributed by atoms with van der Waals surface area (Å²) in [5.74, 6) is 2.94. The van der Waals surface area contributed by atoms with Crippen molar-refractivity contribution in [3.05, 3.63) is 22.6 Å². The number of terminal acetylenes is 1. The Morgan fingerprint density at radius 2 is 1.32 bits per heavy atom. The van der Waals surface area contributed by atoms with Crippen LogP contribution in [0.5, 0.6) is 11.5 Å². The van der Waals surface area contributed by atoms with Gasteiger partial charge in [0.05, 0.1) is 13.2 Å². The number of nitriles is 3. The Balaban J connectivity index is 4.02. The minimum absolute atomic E-state index is 0.0893. The molecule has 0 aliphatic heterocycles. The van der Waals surface area contributed by atoms with Gasteiger partial charge in [-0.2, -0.15) is 15.8 Å². The molecule has 0 radical (unpaired) electrons. The van der Waals surface area contributed by atoms with E-state index in [1.165, 1.54) is 12.1 Å². The van der Waals surface area contributed by atoms with Crippen molar-refractivity contribution in [2.24, 2.45) is 0 Å². The molecule has 5 heteroatoms. The zero-order chi connectivity index (χ0) is 16.5. The van der Waals surface area contributed by atoms with Crippen LogP contribution in [0.3, 0.4) is 0 Å². The molecule has 22 heavy (non-hydrogen) atoms. The monoisotopic (exact) mass is 291 g/mol. The highest BCUT2D eigenvalue weighted by Gasteiger charge is 2.10. The summed E-state index contributed by atoms with van der Waals surface area (Å²) in [7, 11) is 0. The minimum atomic E-state index is -0.102. The molecule has 5 nitrogen and oxygen atoms in total. The first-order chi connectivity index (χ1) is 10.7. The van der Waals surface area contributed by atoms with Crippen LogP contribution in [0, 0.1) is 46.3 Å². The standard InChI is InChI=1S/C17H13N3O2/c1-4-12(9-18)14-7-17(22-6-3)15(13(10-19)11-20)8-16(14)21-5-2/h1,7-8H,5-6H2,2-3H3/b14-12-. The second-order valence-corrected chi connectivity index (χ2v) is 3.94. The summed E-state index contributed by atoms with van der Waals surface area (Å²) in [4.78, 5) is 0. The van der Waals surface area contributed by atoms with Crippen LogP contribution in [0.4, 0.5) is 0 Å². The molecule has 0 atom stereocenters. The molecule has 0 aliphatic carbocycles. The maximum atomic E-state index is 9.13. The molecular formula is C17H13N3O2. The van der Waals surface area contributed by atoms with E-state index < -0.39 is 0 Å².